The van der Waals surface area contributed by atoms with Gasteiger partial charge in [-0.25, -0.2) is 0 Å². The molecular weight excluding hydrogens is 124 g/mol. The third-order valence-corrected chi connectivity index (χ3v) is 2.84. The molecule has 2 atom stereocenters. The van der Waals surface area contributed by atoms with Gasteiger partial charge >= 0.3 is 0 Å². The Morgan fingerprint density at radius 2 is 1.90 bits per heavy atom. The Hall–Kier alpha value is -0.0800. The van der Waals surface area contributed by atoms with Crippen LogP contribution in [0.4, 0.5) is 0 Å². The highest BCUT2D eigenvalue weighted by atomic mass is 15.4. The Kier molecular flexibility index (Phi) is 1.91. The van der Waals surface area contributed by atoms with Gasteiger partial charge in [-0.05, 0) is 25.2 Å². The third-order valence-electron chi connectivity index (χ3n) is 2.84. The van der Waals surface area contributed by atoms with Crippen LogP contribution in [-0.4, -0.2) is 12.6 Å². The number of rotatable bonds is 0. The van der Waals surface area contributed by atoms with E-state index in [4.69, 9.17) is 0 Å². The van der Waals surface area contributed by atoms with E-state index in [0.717, 1.165) is 12.0 Å². The van der Waals surface area contributed by atoms with Crippen LogP contribution in [0.25, 0.3) is 0 Å². The first kappa shape index (κ1) is 6.62. The fourth-order valence-electron chi connectivity index (χ4n) is 2.20. The van der Waals surface area contributed by atoms with Crippen molar-refractivity contribution >= 4 is 0 Å². The summed E-state index contributed by atoms with van der Waals surface area (Å²) in [6.07, 6.45) is 7.12. The summed E-state index contributed by atoms with van der Waals surface area (Å²) in [4.78, 5) is 0. The van der Waals surface area contributed by atoms with E-state index in [9.17, 15) is 0 Å². The minimum Gasteiger partial charge on any atom is -0.258 e. The molecule has 0 spiro atoms. The van der Waals surface area contributed by atoms with Crippen molar-refractivity contribution in [3.8, 4) is 0 Å². The van der Waals surface area contributed by atoms with Gasteiger partial charge in [0.15, 0.2) is 0 Å². The first-order valence-electron chi connectivity index (χ1n) is 4.45. The van der Waals surface area contributed by atoms with Crippen LogP contribution in [0.1, 0.15) is 32.1 Å². The van der Waals surface area contributed by atoms with Crippen LogP contribution in [0.5, 0.6) is 0 Å². The third kappa shape index (κ3) is 1.18. The van der Waals surface area contributed by atoms with Gasteiger partial charge in [0.2, 0.25) is 0 Å². The van der Waals surface area contributed by atoms with Crippen LogP contribution >= 0.6 is 0 Å². The van der Waals surface area contributed by atoms with Gasteiger partial charge in [-0.2, -0.15) is 0 Å². The minimum absolute atomic E-state index is 0.794. The van der Waals surface area contributed by atoms with Gasteiger partial charge in [-0.3, -0.25) is 10.9 Å². The summed E-state index contributed by atoms with van der Waals surface area (Å²) >= 11 is 0. The maximum Gasteiger partial charge on any atom is 0.0241 e. The topological polar surface area (TPSA) is 24.1 Å². The molecule has 0 aromatic heterocycles. The molecule has 0 aromatic carbocycles. The highest BCUT2D eigenvalue weighted by molar-refractivity contribution is 4.82. The second kappa shape index (κ2) is 2.89. The van der Waals surface area contributed by atoms with Crippen molar-refractivity contribution in [1.29, 1.82) is 0 Å². The molecule has 1 aliphatic heterocycles. The molecule has 1 saturated heterocycles. The fraction of sp³-hybridized carbons (Fsp3) is 1.00. The molecule has 2 rings (SSSR count). The number of hydrazine groups is 1. The lowest BCUT2D eigenvalue weighted by atomic mass is 9.82. The number of hydrogen-bond acceptors (Lipinski definition) is 2. The molecule has 2 aliphatic rings. The Balaban J connectivity index is 1.93. The van der Waals surface area contributed by atoms with Crippen molar-refractivity contribution < 1.29 is 0 Å². The summed E-state index contributed by atoms with van der Waals surface area (Å²) in [6.45, 7) is 1.17. The maximum atomic E-state index is 3.37. The quantitative estimate of drug-likeness (QED) is 0.525. The van der Waals surface area contributed by atoms with E-state index in [1.165, 1.54) is 38.6 Å². The smallest absolute Gasteiger partial charge is 0.0241 e. The van der Waals surface area contributed by atoms with E-state index in [2.05, 4.69) is 10.9 Å². The van der Waals surface area contributed by atoms with Gasteiger partial charge in [-0.1, -0.05) is 12.8 Å². The van der Waals surface area contributed by atoms with Crippen molar-refractivity contribution in [1.82, 2.24) is 10.9 Å². The minimum atomic E-state index is 0.794. The van der Waals surface area contributed by atoms with E-state index in [0.29, 0.717) is 0 Å². The van der Waals surface area contributed by atoms with Crippen LogP contribution < -0.4 is 10.9 Å². The van der Waals surface area contributed by atoms with Crippen molar-refractivity contribution in [2.45, 2.75) is 38.1 Å². The van der Waals surface area contributed by atoms with Gasteiger partial charge in [0.05, 0.1) is 0 Å². The monoisotopic (exact) mass is 140 g/mol. The molecule has 1 heterocycles. The van der Waals surface area contributed by atoms with Gasteiger partial charge in [0, 0.05) is 12.6 Å². The largest absolute Gasteiger partial charge is 0.258 e. The molecule has 0 aromatic rings. The lowest BCUT2D eigenvalue weighted by Gasteiger charge is -2.36. The first-order valence-corrected chi connectivity index (χ1v) is 4.45. The van der Waals surface area contributed by atoms with E-state index in [1.54, 1.807) is 0 Å². The molecule has 2 N–H and O–H groups in total. The van der Waals surface area contributed by atoms with Crippen LogP contribution in [0.3, 0.4) is 0 Å². The number of hydrogen-bond donors (Lipinski definition) is 2. The predicted octanol–water partition coefficient (Wildman–Crippen LogP) is 1.04. The lowest BCUT2D eigenvalue weighted by molar-refractivity contribution is 0.186. The van der Waals surface area contributed by atoms with Crippen LogP contribution in [0, 0.1) is 5.92 Å². The highest BCUT2D eigenvalue weighted by Gasteiger charge is 2.26. The fourth-order valence-corrected chi connectivity index (χ4v) is 2.20. The Bertz CT molecular complexity index is 87.8. The molecule has 0 bridgehead atoms. The van der Waals surface area contributed by atoms with Gasteiger partial charge in [-0.15, -0.1) is 0 Å². The number of nitrogens with one attached hydrogen (secondary N) is 2. The first-order chi connectivity index (χ1) is 4.97. The highest BCUT2D eigenvalue weighted by Crippen LogP contribution is 2.27. The van der Waals surface area contributed by atoms with Crippen molar-refractivity contribution in [3.05, 3.63) is 0 Å². The van der Waals surface area contributed by atoms with Gasteiger partial charge in [0.25, 0.3) is 0 Å². The maximum absolute atomic E-state index is 3.37. The summed E-state index contributed by atoms with van der Waals surface area (Å²) in [7, 11) is 0. The zero-order valence-corrected chi connectivity index (χ0v) is 6.40. The van der Waals surface area contributed by atoms with Crippen molar-refractivity contribution in [3.63, 3.8) is 0 Å². The molecule has 58 valence electrons. The molecule has 1 aliphatic carbocycles. The molecule has 0 amide bonds. The second-order valence-corrected chi connectivity index (χ2v) is 3.51. The Labute approximate surface area is 62.4 Å². The van der Waals surface area contributed by atoms with Crippen molar-refractivity contribution in [2.75, 3.05) is 6.54 Å². The summed E-state index contributed by atoms with van der Waals surface area (Å²) in [5.41, 5.74) is 6.60. The van der Waals surface area contributed by atoms with Crippen molar-refractivity contribution in [2.24, 2.45) is 5.92 Å². The zero-order chi connectivity index (χ0) is 6.81. The second-order valence-electron chi connectivity index (χ2n) is 3.51. The molecular formula is C8H16N2. The molecule has 2 nitrogen and oxygen atoms in total. The standard InChI is InChI=1S/C8H16N2/c1-2-4-8-7(3-1)5-6-9-10-8/h7-10H,1-6H2. The molecule has 2 heteroatoms. The summed E-state index contributed by atoms with van der Waals surface area (Å²) in [5.74, 6) is 0.981. The molecule has 1 saturated carbocycles. The van der Waals surface area contributed by atoms with Gasteiger partial charge < -0.3 is 0 Å². The molecule has 2 fully saturated rings. The Morgan fingerprint density at radius 3 is 2.80 bits per heavy atom. The SMILES string of the molecule is C1CCC2NNCCC2C1. The lowest BCUT2D eigenvalue weighted by Crippen LogP contribution is -2.52. The molecule has 0 radical (unpaired) electrons. The molecule has 2 unspecified atom stereocenters. The van der Waals surface area contributed by atoms with Gasteiger partial charge in [0.1, 0.15) is 0 Å². The van der Waals surface area contributed by atoms with E-state index >= 15 is 0 Å². The van der Waals surface area contributed by atoms with Crippen LogP contribution in [0.2, 0.25) is 0 Å². The van der Waals surface area contributed by atoms with E-state index in [-0.39, 0.29) is 0 Å². The predicted molar refractivity (Wildman–Crippen MR) is 41.5 cm³/mol. The number of fused-ring (bicyclic) bond motifs is 1. The normalized spacial score (nSPS) is 40.8. The van der Waals surface area contributed by atoms with E-state index < -0.39 is 0 Å². The average Bonchev–Trinajstić information content (AvgIpc) is 2.05. The zero-order valence-electron chi connectivity index (χ0n) is 6.40. The van der Waals surface area contributed by atoms with Crippen LogP contribution in [-0.2, 0) is 0 Å². The average molecular weight is 140 g/mol. The summed E-state index contributed by atoms with van der Waals surface area (Å²) in [5, 5.41) is 0. The summed E-state index contributed by atoms with van der Waals surface area (Å²) in [6, 6.07) is 0.794. The molecule has 10 heavy (non-hydrogen) atoms. The van der Waals surface area contributed by atoms with E-state index in [1.807, 2.05) is 0 Å². The Morgan fingerprint density at radius 1 is 1.00 bits per heavy atom. The summed E-state index contributed by atoms with van der Waals surface area (Å²) < 4.78 is 0. The van der Waals surface area contributed by atoms with Crippen LogP contribution in [0.15, 0.2) is 0 Å².